The predicted octanol–water partition coefficient (Wildman–Crippen LogP) is 1.95. The quantitative estimate of drug-likeness (QED) is 0.658. The van der Waals surface area contributed by atoms with E-state index in [-0.39, 0.29) is 11.8 Å². The van der Waals surface area contributed by atoms with Crippen LogP contribution >= 0.6 is 0 Å². The monoisotopic (exact) mass is 181 g/mol. The van der Waals surface area contributed by atoms with Gasteiger partial charge < -0.3 is 5.32 Å². The van der Waals surface area contributed by atoms with Crippen LogP contribution in [0.25, 0.3) is 0 Å². The Kier molecular flexibility index (Phi) is 1.90. The predicted molar refractivity (Wildman–Crippen MR) is 52.2 cm³/mol. The molecule has 2 aliphatic rings. The van der Waals surface area contributed by atoms with Gasteiger partial charge in [-0.15, -0.1) is 0 Å². The van der Waals surface area contributed by atoms with Crippen LogP contribution in [-0.4, -0.2) is 11.9 Å². The van der Waals surface area contributed by atoms with Gasteiger partial charge in [-0.1, -0.05) is 13.8 Å². The molecular formula is C11H19NO. The molecule has 2 fully saturated rings. The second kappa shape index (κ2) is 2.73. The Morgan fingerprint density at radius 1 is 1.46 bits per heavy atom. The second-order valence-electron chi connectivity index (χ2n) is 5.15. The van der Waals surface area contributed by atoms with Crippen molar-refractivity contribution in [3.63, 3.8) is 0 Å². The van der Waals surface area contributed by atoms with E-state index < -0.39 is 0 Å². The molecule has 1 amide bonds. The highest BCUT2D eigenvalue weighted by molar-refractivity contribution is 5.80. The summed E-state index contributed by atoms with van der Waals surface area (Å²) in [5.41, 5.74) is 0.489. The summed E-state index contributed by atoms with van der Waals surface area (Å²) in [6.07, 6.45) is 3.76. The maximum atomic E-state index is 11.7. The molecule has 1 spiro atoms. The molecule has 0 radical (unpaired) electrons. The lowest BCUT2D eigenvalue weighted by Crippen LogP contribution is -2.50. The van der Waals surface area contributed by atoms with Gasteiger partial charge in [0.05, 0.1) is 0 Å². The van der Waals surface area contributed by atoms with E-state index in [1.54, 1.807) is 0 Å². The largest absolute Gasteiger partial charge is 0.353 e. The number of hydrogen-bond donors (Lipinski definition) is 1. The van der Waals surface area contributed by atoms with Crippen molar-refractivity contribution in [2.75, 3.05) is 0 Å². The average Bonchev–Trinajstić information content (AvgIpc) is 2.78. The molecule has 1 N–H and O–H groups in total. The van der Waals surface area contributed by atoms with Crippen LogP contribution in [0.2, 0.25) is 0 Å². The van der Waals surface area contributed by atoms with Gasteiger partial charge in [-0.2, -0.15) is 0 Å². The SMILES string of the molecule is CC(C)C1CC2(CC2)C(C)NC1=O. The smallest absolute Gasteiger partial charge is 0.223 e. The van der Waals surface area contributed by atoms with Gasteiger partial charge in [0, 0.05) is 12.0 Å². The van der Waals surface area contributed by atoms with Crippen LogP contribution in [0.3, 0.4) is 0 Å². The van der Waals surface area contributed by atoms with E-state index in [9.17, 15) is 4.79 Å². The Hall–Kier alpha value is -0.530. The zero-order chi connectivity index (χ0) is 9.64. The summed E-state index contributed by atoms with van der Waals surface area (Å²) >= 11 is 0. The Labute approximate surface area is 80.1 Å². The molecule has 0 aromatic carbocycles. The standard InChI is InChI=1S/C11H19NO/c1-7(2)9-6-11(4-5-11)8(3)12-10(9)13/h7-9H,4-6H2,1-3H3,(H,12,13). The van der Waals surface area contributed by atoms with Crippen molar-refractivity contribution in [1.29, 1.82) is 0 Å². The summed E-state index contributed by atoms with van der Waals surface area (Å²) < 4.78 is 0. The molecule has 2 unspecified atom stereocenters. The van der Waals surface area contributed by atoms with Gasteiger partial charge in [-0.05, 0) is 37.5 Å². The van der Waals surface area contributed by atoms with Crippen molar-refractivity contribution >= 4 is 5.91 Å². The third-order valence-corrected chi connectivity index (χ3v) is 3.94. The van der Waals surface area contributed by atoms with E-state index in [4.69, 9.17) is 0 Å². The van der Waals surface area contributed by atoms with E-state index in [0.717, 1.165) is 6.42 Å². The maximum Gasteiger partial charge on any atom is 0.223 e. The minimum Gasteiger partial charge on any atom is -0.353 e. The topological polar surface area (TPSA) is 29.1 Å². The van der Waals surface area contributed by atoms with E-state index in [2.05, 4.69) is 26.1 Å². The van der Waals surface area contributed by atoms with E-state index in [1.807, 2.05) is 0 Å². The second-order valence-corrected chi connectivity index (χ2v) is 5.15. The first kappa shape index (κ1) is 9.04. The lowest BCUT2D eigenvalue weighted by molar-refractivity contribution is -0.131. The number of rotatable bonds is 1. The van der Waals surface area contributed by atoms with Gasteiger partial charge in [-0.25, -0.2) is 0 Å². The normalized spacial score (nSPS) is 36.5. The number of carbonyl (C=O) groups is 1. The Morgan fingerprint density at radius 2 is 2.08 bits per heavy atom. The number of piperidine rings is 1. The van der Waals surface area contributed by atoms with Crippen molar-refractivity contribution in [3.05, 3.63) is 0 Å². The molecule has 2 heteroatoms. The molecule has 1 aliphatic carbocycles. The van der Waals surface area contributed by atoms with Crippen LogP contribution in [0.1, 0.15) is 40.0 Å². The Balaban J connectivity index is 2.11. The first-order valence-electron chi connectivity index (χ1n) is 5.35. The summed E-state index contributed by atoms with van der Waals surface area (Å²) in [5, 5.41) is 3.12. The lowest BCUT2D eigenvalue weighted by Gasteiger charge is -2.36. The van der Waals surface area contributed by atoms with Crippen LogP contribution in [0.4, 0.5) is 0 Å². The number of carbonyl (C=O) groups excluding carboxylic acids is 1. The fraction of sp³-hybridized carbons (Fsp3) is 0.909. The van der Waals surface area contributed by atoms with Gasteiger partial charge in [0.2, 0.25) is 5.91 Å². The van der Waals surface area contributed by atoms with E-state index in [0.29, 0.717) is 17.4 Å². The summed E-state index contributed by atoms with van der Waals surface area (Å²) in [7, 11) is 0. The lowest BCUT2D eigenvalue weighted by atomic mass is 9.77. The third kappa shape index (κ3) is 1.36. The summed E-state index contributed by atoms with van der Waals surface area (Å²) in [5.74, 6) is 1.03. The fourth-order valence-corrected chi connectivity index (χ4v) is 2.52. The van der Waals surface area contributed by atoms with Crippen LogP contribution < -0.4 is 5.32 Å². The van der Waals surface area contributed by atoms with Crippen LogP contribution in [-0.2, 0) is 4.79 Å². The Morgan fingerprint density at radius 3 is 2.54 bits per heavy atom. The van der Waals surface area contributed by atoms with Gasteiger partial charge in [-0.3, -0.25) is 4.79 Å². The molecule has 2 atom stereocenters. The highest BCUT2D eigenvalue weighted by Gasteiger charge is 2.53. The van der Waals surface area contributed by atoms with Crippen LogP contribution in [0, 0.1) is 17.3 Å². The summed E-state index contributed by atoms with van der Waals surface area (Å²) in [4.78, 5) is 11.7. The molecule has 2 rings (SSSR count). The molecule has 1 saturated carbocycles. The minimum atomic E-state index is 0.263. The molecule has 1 aliphatic heterocycles. The third-order valence-electron chi connectivity index (χ3n) is 3.94. The number of amides is 1. The Bertz CT molecular complexity index is 230. The number of nitrogens with one attached hydrogen (secondary N) is 1. The molecule has 1 heterocycles. The van der Waals surface area contributed by atoms with Gasteiger partial charge in [0.15, 0.2) is 0 Å². The maximum absolute atomic E-state index is 11.7. The first-order chi connectivity index (χ1) is 6.05. The molecular weight excluding hydrogens is 162 g/mol. The van der Waals surface area contributed by atoms with Crippen molar-refractivity contribution in [1.82, 2.24) is 5.32 Å². The first-order valence-corrected chi connectivity index (χ1v) is 5.35. The zero-order valence-electron chi connectivity index (χ0n) is 8.76. The number of hydrogen-bond acceptors (Lipinski definition) is 1. The van der Waals surface area contributed by atoms with E-state index >= 15 is 0 Å². The average molecular weight is 181 g/mol. The van der Waals surface area contributed by atoms with Crippen molar-refractivity contribution in [2.45, 2.75) is 46.1 Å². The molecule has 0 aromatic rings. The van der Waals surface area contributed by atoms with E-state index in [1.165, 1.54) is 12.8 Å². The van der Waals surface area contributed by atoms with Crippen LogP contribution in [0.15, 0.2) is 0 Å². The van der Waals surface area contributed by atoms with Crippen molar-refractivity contribution < 1.29 is 4.79 Å². The van der Waals surface area contributed by atoms with Crippen LogP contribution in [0.5, 0.6) is 0 Å². The minimum absolute atomic E-state index is 0.263. The van der Waals surface area contributed by atoms with Gasteiger partial charge in [0.25, 0.3) is 0 Å². The van der Waals surface area contributed by atoms with Crippen molar-refractivity contribution in [2.24, 2.45) is 17.3 Å². The highest BCUT2D eigenvalue weighted by Crippen LogP contribution is 2.55. The summed E-state index contributed by atoms with van der Waals surface area (Å²) in [6, 6.07) is 0.412. The molecule has 1 saturated heterocycles. The molecule has 74 valence electrons. The molecule has 2 nitrogen and oxygen atoms in total. The van der Waals surface area contributed by atoms with Gasteiger partial charge in [0.1, 0.15) is 0 Å². The molecule has 0 bridgehead atoms. The van der Waals surface area contributed by atoms with Crippen molar-refractivity contribution in [3.8, 4) is 0 Å². The fourth-order valence-electron chi connectivity index (χ4n) is 2.52. The highest BCUT2D eigenvalue weighted by atomic mass is 16.2. The molecule has 0 aromatic heterocycles. The summed E-state index contributed by atoms with van der Waals surface area (Å²) in [6.45, 7) is 6.45. The molecule has 13 heavy (non-hydrogen) atoms. The zero-order valence-corrected chi connectivity index (χ0v) is 8.76. The van der Waals surface area contributed by atoms with Gasteiger partial charge >= 0.3 is 0 Å².